The lowest BCUT2D eigenvalue weighted by atomic mass is 9.55. The lowest BCUT2D eigenvalue weighted by Crippen LogP contribution is -2.70. The Morgan fingerprint density at radius 2 is 1.58 bits per heavy atom. The first-order valence-corrected chi connectivity index (χ1v) is 23.4. The van der Waals surface area contributed by atoms with E-state index in [0.29, 0.717) is 42.2 Å². The largest absolute Gasteiger partial charge is 0.459 e. The molecule has 0 saturated heterocycles. The summed E-state index contributed by atoms with van der Waals surface area (Å²) in [4.78, 5) is 22.3. The molecule has 344 valence electrons. The minimum absolute atomic E-state index is 0.0485. The second-order valence-corrected chi connectivity index (χ2v) is 17.4. The molecule has 3 aliphatic rings. The molecule has 66 heavy (non-hydrogen) atoms. The second-order valence-electron chi connectivity index (χ2n) is 17.4. The van der Waals surface area contributed by atoms with Crippen LogP contribution in [-0.2, 0) is 20.9 Å². The number of amides is 1. The average Bonchev–Trinajstić information content (AvgIpc) is 3.35. The summed E-state index contributed by atoms with van der Waals surface area (Å²) in [6, 6.07) is 37.9. The molecule has 10 heteroatoms. The summed E-state index contributed by atoms with van der Waals surface area (Å²) < 4.78 is 27.3. The zero-order valence-corrected chi connectivity index (χ0v) is 37.9. The standard InChI is InChI=1S/C56H62N2O8/c1-4-6-34-63-55(61)58(38-43-22-16-21-41-19-10-11-23-46(41)43)52-37-50(57-62-3)48-35-42(20-12-14-31-59)47(24-13-15-32-60)53-49-36-45(29-30-51(49)66-56(52,54(48)53)64-33-5-2)65-44-27-25-40(26-28-44)39-17-8-7-9-18-39/h4-5,7-11,16-19,21-23,25-30,35-36,42,47,52-54,59-60H,1-2,6,12-15,20,24,31-34,37-38H2,3H3/t42-,47+,52-,53+,54+,56+/m0/s1. The predicted molar refractivity (Wildman–Crippen MR) is 260 cm³/mol. The van der Waals surface area contributed by atoms with E-state index < -0.39 is 23.8 Å². The fourth-order valence-electron chi connectivity index (χ4n) is 10.5. The van der Waals surface area contributed by atoms with Gasteiger partial charge >= 0.3 is 6.09 Å². The van der Waals surface area contributed by atoms with Crippen LogP contribution in [0.15, 0.2) is 157 Å². The fourth-order valence-corrected chi connectivity index (χ4v) is 10.5. The number of aliphatic hydroxyl groups excluding tert-OH is 2. The molecule has 0 unspecified atom stereocenters. The zero-order chi connectivity index (χ0) is 45.9. The van der Waals surface area contributed by atoms with Gasteiger partial charge in [0.1, 0.15) is 30.4 Å². The van der Waals surface area contributed by atoms with Crippen LogP contribution in [0.3, 0.4) is 0 Å². The molecular formula is C56H62N2O8. The topological polar surface area (TPSA) is 119 Å². The van der Waals surface area contributed by atoms with Crippen molar-refractivity contribution in [3.8, 4) is 28.4 Å². The Morgan fingerprint density at radius 3 is 2.33 bits per heavy atom. The van der Waals surface area contributed by atoms with Crippen LogP contribution in [0.4, 0.5) is 4.79 Å². The molecule has 1 amide bonds. The van der Waals surface area contributed by atoms with E-state index in [1.165, 1.54) is 0 Å². The third-order valence-corrected chi connectivity index (χ3v) is 13.4. The van der Waals surface area contributed by atoms with E-state index in [9.17, 15) is 15.0 Å². The summed E-state index contributed by atoms with van der Waals surface area (Å²) in [6.07, 6.45) is 10.6. The van der Waals surface area contributed by atoms with E-state index in [4.69, 9.17) is 28.9 Å². The molecule has 1 fully saturated rings. The van der Waals surface area contributed by atoms with Crippen molar-refractivity contribution in [2.45, 2.75) is 75.7 Å². The molecule has 2 aliphatic carbocycles. The second kappa shape index (κ2) is 21.9. The molecule has 0 aromatic heterocycles. The Hall–Kier alpha value is -6.20. The van der Waals surface area contributed by atoms with Gasteiger partial charge in [0.25, 0.3) is 0 Å². The maximum absolute atomic E-state index is 14.9. The van der Waals surface area contributed by atoms with Crippen molar-refractivity contribution in [2.24, 2.45) is 22.9 Å². The van der Waals surface area contributed by atoms with Gasteiger partial charge < -0.3 is 34.0 Å². The highest BCUT2D eigenvalue weighted by Gasteiger charge is 2.65. The maximum atomic E-state index is 14.9. The summed E-state index contributed by atoms with van der Waals surface area (Å²) in [5.41, 5.74) is 5.79. The third-order valence-electron chi connectivity index (χ3n) is 13.4. The quantitative estimate of drug-likeness (QED) is 0.0425. The molecular weight excluding hydrogens is 829 g/mol. The normalized spacial score (nSPS) is 22.3. The molecule has 10 nitrogen and oxygen atoms in total. The number of unbranched alkanes of at least 4 members (excludes halogenated alkanes) is 2. The minimum Gasteiger partial charge on any atom is -0.459 e. The zero-order valence-electron chi connectivity index (χ0n) is 37.9. The van der Waals surface area contributed by atoms with Crippen LogP contribution in [0.5, 0.6) is 17.2 Å². The monoisotopic (exact) mass is 890 g/mol. The van der Waals surface area contributed by atoms with Crippen LogP contribution in [0.1, 0.15) is 68.4 Å². The van der Waals surface area contributed by atoms with Crippen LogP contribution in [0.25, 0.3) is 21.9 Å². The smallest absolute Gasteiger partial charge is 0.410 e. The van der Waals surface area contributed by atoms with Gasteiger partial charge in [-0.15, -0.1) is 13.2 Å². The summed E-state index contributed by atoms with van der Waals surface area (Å²) in [5, 5.41) is 26.8. The van der Waals surface area contributed by atoms with E-state index >= 15 is 0 Å². The van der Waals surface area contributed by atoms with Crippen molar-refractivity contribution in [2.75, 3.05) is 33.5 Å². The summed E-state index contributed by atoms with van der Waals surface area (Å²) in [5.74, 6) is -0.0282. The molecule has 1 heterocycles. The van der Waals surface area contributed by atoms with E-state index in [-0.39, 0.29) is 57.1 Å². The number of aliphatic hydroxyl groups is 2. The van der Waals surface area contributed by atoms with Gasteiger partial charge in [-0.25, -0.2) is 4.79 Å². The van der Waals surface area contributed by atoms with Crippen molar-refractivity contribution >= 4 is 22.6 Å². The maximum Gasteiger partial charge on any atom is 0.410 e. The van der Waals surface area contributed by atoms with Crippen LogP contribution in [0.2, 0.25) is 0 Å². The number of ether oxygens (including phenoxy) is 4. The number of rotatable bonds is 21. The molecule has 8 rings (SSSR count). The molecule has 5 aromatic rings. The molecule has 1 aliphatic heterocycles. The Labute approximate surface area is 388 Å². The van der Waals surface area contributed by atoms with Crippen LogP contribution in [-0.4, -0.2) is 72.3 Å². The van der Waals surface area contributed by atoms with E-state index in [1.807, 2.05) is 66.7 Å². The third kappa shape index (κ3) is 9.82. The first kappa shape index (κ1) is 46.3. The summed E-state index contributed by atoms with van der Waals surface area (Å²) >= 11 is 0. The van der Waals surface area contributed by atoms with Gasteiger partial charge in [0.2, 0.25) is 5.79 Å². The summed E-state index contributed by atoms with van der Waals surface area (Å²) in [7, 11) is 1.55. The van der Waals surface area contributed by atoms with Crippen LogP contribution < -0.4 is 9.47 Å². The minimum atomic E-state index is -1.45. The predicted octanol–water partition coefficient (Wildman–Crippen LogP) is 11.8. The van der Waals surface area contributed by atoms with Crippen molar-refractivity contribution in [3.05, 3.63) is 163 Å². The van der Waals surface area contributed by atoms with Crippen molar-refractivity contribution in [3.63, 3.8) is 0 Å². The molecule has 0 bridgehead atoms. The number of nitrogens with zero attached hydrogens (tertiary/aromatic N) is 2. The number of carbonyl (C=O) groups excluding carboxylic acids is 1. The number of allylic oxidation sites excluding steroid dienone is 1. The first-order chi connectivity index (χ1) is 32.4. The number of fused-ring (bicyclic) bond motifs is 3. The van der Waals surface area contributed by atoms with Crippen LogP contribution in [0, 0.1) is 17.8 Å². The van der Waals surface area contributed by atoms with Gasteiger partial charge in [-0.1, -0.05) is 121 Å². The Morgan fingerprint density at radius 1 is 0.848 bits per heavy atom. The van der Waals surface area contributed by atoms with Crippen molar-refractivity contribution < 1.29 is 38.8 Å². The van der Waals surface area contributed by atoms with E-state index in [1.54, 1.807) is 24.2 Å². The Balaban J connectivity index is 1.30. The van der Waals surface area contributed by atoms with Gasteiger partial charge in [0.15, 0.2) is 0 Å². The van der Waals surface area contributed by atoms with Gasteiger partial charge in [0.05, 0.1) is 31.4 Å². The number of carbonyl (C=O) groups is 1. The van der Waals surface area contributed by atoms with Gasteiger partial charge in [-0.2, -0.15) is 0 Å². The number of hydrogen-bond donors (Lipinski definition) is 2. The van der Waals surface area contributed by atoms with Crippen molar-refractivity contribution in [1.82, 2.24) is 4.90 Å². The van der Waals surface area contributed by atoms with Crippen molar-refractivity contribution in [1.29, 1.82) is 0 Å². The van der Waals surface area contributed by atoms with Gasteiger partial charge in [-0.3, -0.25) is 4.90 Å². The number of hydrogen-bond acceptors (Lipinski definition) is 9. The first-order valence-electron chi connectivity index (χ1n) is 23.4. The molecule has 0 radical (unpaired) electrons. The number of oxime groups is 1. The van der Waals surface area contributed by atoms with Gasteiger partial charge in [-0.05, 0) is 107 Å². The summed E-state index contributed by atoms with van der Waals surface area (Å²) in [6.45, 7) is 8.63. The van der Waals surface area contributed by atoms with E-state index in [2.05, 4.69) is 67.8 Å². The Bertz CT molecular complexity index is 2500. The van der Waals surface area contributed by atoms with Gasteiger partial charge in [0, 0.05) is 31.1 Å². The molecule has 6 atom stereocenters. The fraction of sp³-hybridized carbons (Fsp3) is 0.357. The molecule has 5 aromatic carbocycles. The molecule has 0 spiro atoms. The lowest BCUT2D eigenvalue weighted by molar-refractivity contribution is -0.256. The van der Waals surface area contributed by atoms with Crippen LogP contribution >= 0.6 is 0 Å². The van der Waals surface area contributed by atoms with E-state index in [0.717, 1.165) is 64.3 Å². The lowest BCUT2D eigenvalue weighted by Gasteiger charge is -2.59. The number of benzene rings is 5. The average molecular weight is 891 g/mol. The highest BCUT2D eigenvalue weighted by Crippen LogP contribution is 2.62. The Kier molecular flexibility index (Phi) is 15.3. The molecule has 1 saturated carbocycles. The SMILES string of the molecule is C=CCCOC(=O)N(Cc1cccc2ccccc12)[C@H]1CC(=NOC)C2=C[C@H](CCCCO)[C@@H](CCCCO)[C@@H]3c4cc(Oc5ccc(-c6ccccc6)cc5)ccc4O[C@@]1(OCC=C)[C@H]23. The molecule has 2 N–H and O–H groups in total. The highest BCUT2D eigenvalue weighted by atomic mass is 16.7. The highest BCUT2D eigenvalue weighted by molar-refractivity contribution is 6.03.